The molecule has 0 aliphatic carbocycles. The van der Waals surface area contributed by atoms with E-state index in [1.165, 1.54) is 62.5 Å². The zero-order valence-electron chi connectivity index (χ0n) is 18.5. The van der Waals surface area contributed by atoms with Crippen molar-refractivity contribution in [1.29, 1.82) is 0 Å². The Bertz CT molecular complexity index is 1290. The molecule has 0 radical (unpaired) electrons. The summed E-state index contributed by atoms with van der Waals surface area (Å²) in [5.74, 6) is -1.96. The van der Waals surface area contributed by atoms with Gasteiger partial charge in [0.05, 0.1) is 16.1 Å². The first-order chi connectivity index (χ1) is 16.1. The van der Waals surface area contributed by atoms with E-state index in [2.05, 4.69) is 5.32 Å². The van der Waals surface area contributed by atoms with E-state index in [-0.39, 0.29) is 16.0 Å². The Kier molecular flexibility index (Phi) is 7.32. The Morgan fingerprint density at radius 1 is 0.882 bits per heavy atom. The number of carbonyl (C=O) groups is 3. The summed E-state index contributed by atoms with van der Waals surface area (Å²) < 4.78 is 32.0. The molecule has 0 spiro atoms. The zero-order chi connectivity index (χ0) is 24.9. The summed E-state index contributed by atoms with van der Waals surface area (Å²) in [5.41, 5.74) is 6.45. The fraction of sp³-hybridized carbons (Fsp3) is 0.125. The van der Waals surface area contributed by atoms with Crippen molar-refractivity contribution >= 4 is 39.2 Å². The third kappa shape index (κ3) is 5.59. The van der Waals surface area contributed by atoms with E-state index in [1.54, 1.807) is 30.3 Å². The van der Waals surface area contributed by atoms with Gasteiger partial charge < -0.3 is 15.8 Å². The maximum atomic E-state index is 12.8. The average Bonchev–Trinajstić information content (AvgIpc) is 2.84. The molecule has 2 amide bonds. The summed E-state index contributed by atoms with van der Waals surface area (Å²) in [6, 6.07) is 19.7. The van der Waals surface area contributed by atoms with Crippen LogP contribution in [-0.4, -0.2) is 39.4 Å². The van der Waals surface area contributed by atoms with Gasteiger partial charge in [-0.15, -0.1) is 0 Å². The van der Waals surface area contributed by atoms with Gasteiger partial charge in [-0.3, -0.25) is 13.9 Å². The number of carbonyl (C=O) groups excluding carboxylic acids is 3. The summed E-state index contributed by atoms with van der Waals surface area (Å²) in [4.78, 5) is 35.9. The van der Waals surface area contributed by atoms with E-state index < -0.39 is 33.9 Å². The van der Waals surface area contributed by atoms with Gasteiger partial charge >= 0.3 is 5.97 Å². The fourth-order valence-corrected chi connectivity index (χ4v) is 4.14. The molecule has 0 aliphatic rings. The Balaban J connectivity index is 1.63. The number of para-hydroxylation sites is 1. The van der Waals surface area contributed by atoms with Crippen LogP contribution in [0.2, 0.25) is 0 Å². The molecule has 0 saturated carbocycles. The first kappa shape index (κ1) is 24.5. The molecule has 3 N–H and O–H groups in total. The lowest BCUT2D eigenvalue weighted by Crippen LogP contribution is -2.30. The summed E-state index contributed by atoms with van der Waals surface area (Å²) in [6.07, 6.45) is -1.13. The molecular weight excluding hydrogens is 458 g/mol. The Morgan fingerprint density at radius 2 is 1.44 bits per heavy atom. The molecule has 9 nitrogen and oxygen atoms in total. The second-order valence-corrected chi connectivity index (χ2v) is 9.28. The van der Waals surface area contributed by atoms with Crippen molar-refractivity contribution in [1.82, 2.24) is 0 Å². The summed E-state index contributed by atoms with van der Waals surface area (Å²) in [6.45, 7) is 1.40. The third-order valence-electron chi connectivity index (χ3n) is 4.96. The predicted molar refractivity (Wildman–Crippen MR) is 127 cm³/mol. The van der Waals surface area contributed by atoms with E-state index in [0.717, 1.165) is 4.31 Å². The molecule has 3 aromatic carbocycles. The monoisotopic (exact) mass is 481 g/mol. The van der Waals surface area contributed by atoms with Crippen molar-refractivity contribution in [2.24, 2.45) is 5.73 Å². The molecule has 0 saturated heterocycles. The number of benzene rings is 3. The van der Waals surface area contributed by atoms with E-state index in [1.807, 2.05) is 0 Å². The number of anilines is 2. The number of nitrogens with zero attached hydrogens (tertiary/aromatic N) is 1. The van der Waals surface area contributed by atoms with Crippen LogP contribution in [0.5, 0.6) is 0 Å². The maximum Gasteiger partial charge on any atom is 0.338 e. The average molecular weight is 482 g/mol. The second kappa shape index (κ2) is 10.2. The lowest BCUT2D eigenvalue weighted by Gasteiger charge is -2.19. The van der Waals surface area contributed by atoms with Gasteiger partial charge in [0.1, 0.15) is 0 Å². The highest BCUT2D eigenvalue weighted by Crippen LogP contribution is 2.22. The fourth-order valence-electron chi connectivity index (χ4n) is 2.94. The quantitative estimate of drug-likeness (QED) is 0.475. The van der Waals surface area contributed by atoms with Crippen LogP contribution >= 0.6 is 0 Å². The number of esters is 1. The van der Waals surface area contributed by atoms with Gasteiger partial charge in [0.25, 0.3) is 15.9 Å². The zero-order valence-corrected chi connectivity index (χ0v) is 19.3. The lowest BCUT2D eigenvalue weighted by atomic mass is 10.2. The summed E-state index contributed by atoms with van der Waals surface area (Å²) >= 11 is 0. The van der Waals surface area contributed by atoms with Gasteiger partial charge in [-0.05, 0) is 67.6 Å². The van der Waals surface area contributed by atoms with Crippen molar-refractivity contribution in [3.8, 4) is 0 Å². The predicted octanol–water partition coefficient (Wildman–Crippen LogP) is 2.79. The minimum absolute atomic E-state index is 0.000558. The van der Waals surface area contributed by atoms with Gasteiger partial charge in [0, 0.05) is 18.3 Å². The van der Waals surface area contributed by atoms with E-state index >= 15 is 0 Å². The molecule has 0 fully saturated rings. The molecule has 176 valence electrons. The normalized spacial score (nSPS) is 11.8. The molecule has 10 heteroatoms. The van der Waals surface area contributed by atoms with Crippen LogP contribution in [0, 0.1) is 0 Å². The van der Waals surface area contributed by atoms with Crippen LogP contribution in [-0.2, 0) is 19.6 Å². The Labute approximate surface area is 197 Å². The van der Waals surface area contributed by atoms with Gasteiger partial charge in [-0.1, -0.05) is 18.2 Å². The van der Waals surface area contributed by atoms with E-state index in [9.17, 15) is 22.8 Å². The molecule has 0 bridgehead atoms. The highest BCUT2D eigenvalue weighted by atomic mass is 32.2. The number of ether oxygens (including phenoxy) is 1. The van der Waals surface area contributed by atoms with Crippen LogP contribution in [0.4, 0.5) is 11.4 Å². The number of nitrogens with one attached hydrogen (secondary N) is 1. The largest absolute Gasteiger partial charge is 0.449 e. The van der Waals surface area contributed by atoms with Crippen LogP contribution in [0.15, 0.2) is 83.8 Å². The number of nitrogens with two attached hydrogens (primary N) is 1. The first-order valence-electron chi connectivity index (χ1n) is 10.2. The number of amides is 2. The lowest BCUT2D eigenvalue weighted by molar-refractivity contribution is -0.123. The highest BCUT2D eigenvalue weighted by molar-refractivity contribution is 7.92. The second-order valence-electron chi connectivity index (χ2n) is 7.31. The smallest absolute Gasteiger partial charge is 0.338 e. The molecule has 0 heterocycles. The summed E-state index contributed by atoms with van der Waals surface area (Å²) in [5, 5.41) is 2.57. The molecule has 34 heavy (non-hydrogen) atoms. The van der Waals surface area contributed by atoms with Crippen LogP contribution < -0.4 is 15.4 Å². The van der Waals surface area contributed by atoms with Crippen molar-refractivity contribution < 1.29 is 27.5 Å². The van der Waals surface area contributed by atoms with Crippen molar-refractivity contribution in [3.63, 3.8) is 0 Å². The Morgan fingerprint density at radius 3 is 2.00 bits per heavy atom. The number of hydrogen-bond donors (Lipinski definition) is 2. The molecule has 1 atom stereocenters. The topological polar surface area (TPSA) is 136 Å². The molecular formula is C24H23N3O6S. The first-order valence-corrected chi connectivity index (χ1v) is 11.6. The molecule has 3 rings (SSSR count). The van der Waals surface area contributed by atoms with E-state index in [4.69, 9.17) is 10.5 Å². The minimum atomic E-state index is -3.83. The van der Waals surface area contributed by atoms with Gasteiger partial charge in [0.2, 0.25) is 5.91 Å². The molecule has 0 aliphatic heterocycles. The maximum absolute atomic E-state index is 12.8. The van der Waals surface area contributed by atoms with Crippen molar-refractivity contribution in [2.45, 2.75) is 17.9 Å². The van der Waals surface area contributed by atoms with Crippen molar-refractivity contribution in [3.05, 3.63) is 90.0 Å². The number of rotatable bonds is 8. The van der Waals surface area contributed by atoms with Crippen LogP contribution in [0.1, 0.15) is 27.6 Å². The summed E-state index contributed by atoms with van der Waals surface area (Å²) in [7, 11) is -2.39. The third-order valence-corrected chi connectivity index (χ3v) is 6.76. The molecule has 0 aromatic heterocycles. The van der Waals surface area contributed by atoms with Crippen LogP contribution in [0.3, 0.4) is 0 Å². The number of primary amides is 1. The highest BCUT2D eigenvalue weighted by Gasteiger charge is 2.23. The van der Waals surface area contributed by atoms with Crippen molar-refractivity contribution in [2.75, 3.05) is 16.7 Å². The number of hydrogen-bond acceptors (Lipinski definition) is 6. The molecule has 3 aromatic rings. The van der Waals surface area contributed by atoms with Gasteiger partial charge in [-0.25, -0.2) is 13.2 Å². The van der Waals surface area contributed by atoms with Gasteiger partial charge in [0.15, 0.2) is 6.10 Å². The Hall–Kier alpha value is -4.18. The molecule has 0 unspecified atom stereocenters. The SMILES string of the molecule is C[C@H](OC(=O)c1ccc(S(=O)(=O)N(C)c2ccccc2)cc1)C(=O)Nc1ccc(C(N)=O)cc1. The van der Waals surface area contributed by atoms with Crippen LogP contribution in [0.25, 0.3) is 0 Å². The van der Waals surface area contributed by atoms with E-state index in [0.29, 0.717) is 11.4 Å². The standard InChI is InChI=1S/C24H23N3O6S/c1-16(23(29)26-19-12-8-17(9-13-19)22(25)28)33-24(30)18-10-14-21(15-11-18)34(31,32)27(2)20-6-4-3-5-7-20/h3-16H,1-2H3,(H2,25,28)(H,26,29)/t16-/m0/s1. The minimum Gasteiger partial charge on any atom is -0.449 e. The number of sulfonamides is 1. The van der Waals surface area contributed by atoms with Gasteiger partial charge in [-0.2, -0.15) is 0 Å².